The first-order valence-corrected chi connectivity index (χ1v) is 7.24. The van der Waals surface area contributed by atoms with Crippen LogP contribution in [0.25, 0.3) is 5.57 Å². The van der Waals surface area contributed by atoms with E-state index in [9.17, 15) is 4.79 Å². The molecule has 0 saturated carbocycles. The molecule has 1 saturated heterocycles. The van der Waals surface area contributed by atoms with Crippen LogP contribution < -0.4 is 0 Å². The summed E-state index contributed by atoms with van der Waals surface area (Å²) < 4.78 is 1.01. The molecule has 1 aliphatic carbocycles. The van der Waals surface area contributed by atoms with Crippen molar-refractivity contribution in [2.24, 2.45) is 0 Å². The Morgan fingerprint density at radius 2 is 2.00 bits per heavy atom. The van der Waals surface area contributed by atoms with Crippen molar-refractivity contribution in [3.05, 3.63) is 41.5 Å². The number of carbonyl (C=O) groups is 1. The molecule has 1 fully saturated rings. The van der Waals surface area contributed by atoms with Gasteiger partial charge in [-0.1, -0.05) is 24.3 Å². The molecule has 0 bridgehead atoms. The smallest absolute Gasteiger partial charge is 0.163 e. The Balaban J connectivity index is 2.02. The number of carbonyl (C=O) groups excluding carboxylic acids is 1. The number of hydrogen-bond acceptors (Lipinski definition) is 1. The first-order chi connectivity index (χ1) is 9.08. The van der Waals surface area contributed by atoms with Gasteiger partial charge in [-0.15, -0.1) is 0 Å². The van der Waals surface area contributed by atoms with E-state index in [2.05, 4.69) is 38.4 Å². The van der Waals surface area contributed by atoms with Crippen molar-refractivity contribution in [2.45, 2.75) is 31.7 Å². The van der Waals surface area contributed by atoms with Crippen LogP contribution in [0.3, 0.4) is 0 Å². The van der Waals surface area contributed by atoms with Crippen molar-refractivity contribution in [3.8, 4) is 0 Å². The Labute approximate surface area is 115 Å². The molecule has 0 aromatic heterocycles. The fourth-order valence-electron chi connectivity index (χ4n) is 3.42. The van der Waals surface area contributed by atoms with Gasteiger partial charge < -0.3 is 4.48 Å². The van der Waals surface area contributed by atoms with Gasteiger partial charge in [-0.25, -0.2) is 0 Å². The molecule has 2 aliphatic rings. The molecule has 0 unspecified atom stereocenters. The predicted molar refractivity (Wildman–Crippen MR) is 77.7 cm³/mol. The number of likely N-dealkylation sites (tertiary alicyclic amines) is 1. The van der Waals surface area contributed by atoms with Gasteiger partial charge >= 0.3 is 0 Å². The van der Waals surface area contributed by atoms with Gasteiger partial charge in [0.05, 0.1) is 20.6 Å². The van der Waals surface area contributed by atoms with Crippen molar-refractivity contribution in [3.63, 3.8) is 0 Å². The second-order valence-corrected chi connectivity index (χ2v) is 6.37. The van der Waals surface area contributed by atoms with Crippen LogP contribution in [0.5, 0.6) is 0 Å². The highest BCUT2D eigenvalue weighted by atomic mass is 16.1. The number of ketones is 1. The maximum absolute atomic E-state index is 12.3. The third kappa shape index (κ3) is 2.25. The molecule has 100 valence electrons. The van der Waals surface area contributed by atoms with Crippen molar-refractivity contribution < 1.29 is 9.28 Å². The van der Waals surface area contributed by atoms with Gasteiger partial charge in [0.2, 0.25) is 0 Å². The van der Waals surface area contributed by atoms with Gasteiger partial charge in [0, 0.05) is 24.8 Å². The highest BCUT2D eigenvalue weighted by Gasteiger charge is 2.34. The van der Waals surface area contributed by atoms with Crippen LogP contribution in [-0.4, -0.2) is 36.9 Å². The molecule has 2 nitrogen and oxygen atoms in total. The summed E-state index contributed by atoms with van der Waals surface area (Å²) in [5.74, 6) is 0.325. The first-order valence-electron chi connectivity index (χ1n) is 7.24. The molecule has 1 aromatic carbocycles. The number of Topliss-reactive ketones (excluding diaryl/α,β-unsaturated/α-hetero) is 1. The van der Waals surface area contributed by atoms with E-state index in [1.54, 1.807) is 0 Å². The Morgan fingerprint density at radius 1 is 1.21 bits per heavy atom. The quantitative estimate of drug-likeness (QED) is 0.558. The fraction of sp³-hybridized carbons (Fsp3) is 0.471. The van der Waals surface area contributed by atoms with Gasteiger partial charge in [-0.05, 0) is 23.6 Å². The summed E-state index contributed by atoms with van der Waals surface area (Å²) in [5, 5.41) is 0. The first kappa shape index (κ1) is 12.6. The fourth-order valence-corrected chi connectivity index (χ4v) is 3.42. The predicted octanol–water partition coefficient (Wildman–Crippen LogP) is 2.82. The van der Waals surface area contributed by atoms with E-state index < -0.39 is 0 Å². The van der Waals surface area contributed by atoms with E-state index in [1.807, 2.05) is 6.07 Å². The van der Waals surface area contributed by atoms with Gasteiger partial charge in [0.25, 0.3) is 0 Å². The van der Waals surface area contributed by atoms with Crippen LogP contribution in [0.2, 0.25) is 0 Å². The van der Waals surface area contributed by atoms with E-state index >= 15 is 0 Å². The number of fused-ring (bicyclic) bond motifs is 1. The van der Waals surface area contributed by atoms with Gasteiger partial charge in [-0.3, -0.25) is 4.79 Å². The molecule has 1 aromatic rings. The van der Waals surface area contributed by atoms with E-state index in [4.69, 9.17) is 0 Å². The standard InChI is InChI=1S/C17H22NO/c1-18(2)11-5-7-14(18)12-16-15-8-4-3-6-13(15)9-10-17(16)19/h3-4,6,8,12,14H,5,7,9-11H2,1-2H3/q+1/b16-12-/t14-/m0/s1. The minimum Gasteiger partial charge on any atom is -0.323 e. The van der Waals surface area contributed by atoms with Gasteiger partial charge in [0.15, 0.2) is 5.78 Å². The van der Waals surface area contributed by atoms with Crippen LogP contribution in [0, 0.1) is 0 Å². The Hall–Kier alpha value is -1.41. The van der Waals surface area contributed by atoms with Crippen molar-refractivity contribution in [1.82, 2.24) is 0 Å². The lowest BCUT2D eigenvalue weighted by Gasteiger charge is -2.30. The number of aryl methyl sites for hydroxylation is 1. The molecule has 0 N–H and O–H groups in total. The minimum atomic E-state index is 0.325. The van der Waals surface area contributed by atoms with Gasteiger partial charge in [-0.2, -0.15) is 0 Å². The molecule has 1 aliphatic heterocycles. The maximum atomic E-state index is 12.3. The number of rotatable bonds is 1. The number of benzene rings is 1. The summed E-state index contributed by atoms with van der Waals surface area (Å²) in [6.45, 7) is 1.21. The lowest BCUT2D eigenvalue weighted by atomic mass is 9.85. The van der Waals surface area contributed by atoms with Crippen LogP contribution >= 0.6 is 0 Å². The number of nitrogens with zero attached hydrogens (tertiary/aromatic N) is 1. The summed E-state index contributed by atoms with van der Waals surface area (Å²) in [6.07, 6.45) is 6.29. The summed E-state index contributed by atoms with van der Waals surface area (Å²) >= 11 is 0. The summed E-state index contributed by atoms with van der Waals surface area (Å²) in [7, 11) is 4.54. The normalized spacial score (nSPS) is 27.6. The number of allylic oxidation sites excluding steroid dienone is 1. The topological polar surface area (TPSA) is 17.1 Å². The van der Waals surface area contributed by atoms with Crippen LogP contribution in [0.15, 0.2) is 30.3 Å². The SMILES string of the molecule is C[N+]1(C)CCC[C@H]1/C=C1\C(=O)CCc2ccccc21. The molecule has 3 rings (SSSR count). The molecule has 2 heteroatoms. The van der Waals surface area contributed by atoms with E-state index in [0.29, 0.717) is 18.2 Å². The van der Waals surface area contributed by atoms with Crippen molar-refractivity contribution in [1.29, 1.82) is 0 Å². The molecule has 0 radical (unpaired) electrons. The lowest BCUT2D eigenvalue weighted by molar-refractivity contribution is -0.895. The monoisotopic (exact) mass is 256 g/mol. The molecule has 0 amide bonds. The second kappa shape index (κ2) is 4.61. The highest BCUT2D eigenvalue weighted by molar-refractivity contribution is 6.22. The Kier molecular flexibility index (Phi) is 3.06. The molecule has 1 heterocycles. The largest absolute Gasteiger partial charge is 0.323 e. The van der Waals surface area contributed by atoms with E-state index in [1.165, 1.54) is 30.5 Å². The second-order valence-electron chi connectivity index (χ2n) is 6.37. The molecule has 19 heavy (non-hydrogen) atoms. The third-order valence-electron chi connectivity index (χ3n) is 4.72. The zero-order chi connectivity index (χ0) is 13.5. The van der Waals surface area contributed by atoms with Crippen LogP contribution in [0.1, 0.15) is 30.4 Å². The van der Waals surface area contributed by atoms with E-state index in [0.717, 1.165) is 16.5 Å². The Morgan fingerprint density at radius 3 is 2.74 bits per heavy atom. The molecule has 0 spiro atoms. The number of likely N-dealkylation sites (N-methyl/N-ethyl adjacent to an activating group) is 1. The van der Waals surface area contributed by atoms with Crippen LogP contribution in [0.4, 0.5) is 0 Å². The summed E-state index contributed by atoms with van der Waals surface area (Å²) in [6, 6.07) is 8.87. The zero-order valence-electron chi connectivity index (χ0n) is 11.9. The van der Waals surface area contributed by atoms with Crippen molar-refractivity contribution in [2.75, 3.05) is 20.6 Å². The maximum Gasteiger partial charge on any atom is 0.163 e. The lowest BCUT2D eigenvalue weighted by Crippen LogP contribution is -2.43. The highest BCUT2D eigenvalue weighted by Crippen LogP contribution is 2.32. The molecule has 1 atom stereocenters. The third-order valence-corrected chi connectivity index (χ3v) is 4.72. The molecular formula is C17H22NO+. The van der Waals surface area contributed by atoms with E-state index in [-0.39, 0.29) is 0 Å². The number of quaternary nitrogens is 1. The van der Waals surface area contributed by atoms with Crippen LogP contribution in [-0.2, 0) is 11.2 Å². The Bertz CT molecular complexity index is 542. The summed E-state index contributed by atoms with van der Waals surface area (Å²) in [4.78, 5) is 12.3. The average molecular weight is 256 g/mol. The van der Waals surface area contributed by atoms with Gasteiger partial charge in [0.1, 0.15) is 6.04 Å². The van der Waals surface area contributed by atoms with Crippen molar-refractivity contribution >= 4 is 11.4 Å². The molecular weight excluding hydrogens is 234 g/mol. The average Bonchev–Trinajstić information content (AvgIpc) is 2.72. The summed E-state index contributed by atoms with van der Waals surface area (Å²) in [5.41, 5.74) is 3.47. The minimum absolute atomic E-state index is 0.325. The number of hydrogen-bond donors (Lipinski definition) is 0. The zero-order valence-corrected chi connectivity index (χ0v) is 11.9.